The van der Waals surface area contributed by atoms with Crippen molar-refractivity contribution in [2.45, 2.75) is 64.5 Å². The zero-order chi connectivity index (χ0) is 11.4. The molecule has 1 aliphatic heterocycles. The van der Waals surface area contributed by atoms with Gasteiger partial charge in [0.25, 0.3) is 0 Å². The fourth-order valence-corrected chi connectivity index (χ4v) is 3.48. The van der Waals surface area contributed by atoms with Crippen molar-refractivity contribution in [3.05, 3.63) is 0 Å². The first-order chi connectivity index (χ1) is 7.85. The van der Waals surface area contributed by atoms with Gasteiger partial charge in [-0.3, -0.25) is 4.90 Å². The molecular weight excluding hydrogens is 196 g/mol. The van der Waals surface area contributed by atoms with Crippen LogP contribution < -0.4 is 5.32 Å². The maximum Gasteiger partial charge on any atom is 0.0195 e. The van der Waals surface area contributed by atoms with Gasteiger partial charge in [0.2, 0.25) is 0 Å². The first-order valence-corrected chi connectivity index (χ1v) is 7.32. The van der Waals surface area contributed by atoms with E-state index in [1.165, 1.54) is 51.6 Å². The summed E-state index contributed by atoms with van der Waals surface area (Å²) in [7, 11) is 0. The molecule has 2 aliphatic rings. The average Bonchev–Trinajstić information content (AvgIpc) is 2.24. The molecule has 2 atom stereocenters. The van der Waals surface area contributed by atoms with Gasteiger partial charge >= 0.3 is 0 Å². The predicted molar refractivity (Wildman–Crippen MR) is 69.7 cm³/mol. The second-order valence-corrected chi connectivity index (χ2v) is 5.56. The molecule has 0 aromatic rings. The van der Waals surface area contributed by atoms with Crippen LogP contribution in [-0.2, 0) is 0 Å². The predicted octanol–water partition coefficient (Wildman–Crippen LogP) is 2.64. The Morgan fingerprint density at radius 3 is 2.56 bits per heavy atom. The van der Waals surface area contributed by atoms with Crippen LogP contribution in [0, 0.1) is 5.92 Å². The van der Waals surface area contributed by atoms with Gasteiger partial charge in [-0.2, -0.15) is 0 Å². The monoisotopic (exact) mass is 224 g/mol. The van der Waals surface area contributed by atoms with Crippen molar-refractivity contribution in [3.8, 4) is 0 Å². The molecule has 2 unspecified atom stereocenters. The fraction of sp³-hybridized carbons (Fsp3) is 1.00. The Morgan fingerprint density at radius 2 is 2.00 bits per heavy atom. The molecule has 1 aliphatic carbocycles. The molecule has 1 saturated heterocycles. The van der Waals surface area contributed by atoms with Gasteiger partial charge in [-0.15, -0.1) is 0 Å². The minimum absolute atomic E-state index is 0.757. The third kappa shape index (κ3) is 2.78. The van der Waals surface area contributed by atoms with E-state index >= 15 is 0 Å². The smallest absolute Gasteiger partial charge is 0.0195 e. The van der Waals surface area contributed by atoms with Gasteiger partial charge in [0, 0.05) is 18.6 Å². The second kappa shape index (κ2) is 6.02. The van der Waals surface area contributed by atoms with E-state index in [9.17, 15) is 0 Å². The van der Waals surface area contributed by atoms with E-state index in [0.29, 0.717) is 0 Å². The molecule has 1 saturated carbocycles. The highest BCUT2D eigenvalue weighted by Crippen LogP contribution is 2.34. The van der Waals surface area contributed by atoms with Crippen LogP contribution in [0.3, 0.4) is 0 Å². The highest BCUT2D eigenvalue weighted by Gasteiger charge is 2.32. The van der Waals surface area contributed by atoms with Gasteiger partial charge in [-0.05, 0) is 51.1 Å². The minimum Gasteiger partial charge on any atom is -0.313 e. The Bertz CT molecular complexity index is 199. The molecule has 1 N–H and O–H groups in total. The van der Waals surface area contributed by atoms with Crippen molar-refractivity contribution in [2.24, 2.45) is 5.92 Å². The Labute approximate surface area is 101 Å². The van der Waals surface area contributed by atoms with Crippen LogP contribution in [0.1, 0.15) is 52.4 Å². The van der Waals surface area contributed by atoms with Gasteiger partial charge in [-0.25, -0.2) is 0 Å². The lowest BCUT2D eigenvalue weighted by atomic mass is 9.77. The number of likely N-dealkylation sites (tertiary alicyclic amines) is 1. The molecule has 2 heteroatoms. The van der Waals surface area contributed by atoms with Crippen LogP contribution >= 0.6 is 0 Å². The molecule has 2 nitrogen and oxygen atoms in total. The van der Waals surface area contributed by atoms with E-state index in [1.54, 1.807) is 0 Å². The molecule has 0 aromatic heterocycles. The number of nitrogens with one attached hydrogen (secondary N) is 1. The highest BCUT2D eigenvalue weighted by atomic mass is 15.2. The van der Waals surface area contributed by atoms with Crippen LogP contribution in [0.15, 0.2) is 0 Å². The molecule has 94 valence electrons. The lowest BCUT2D eigenvalue weighted by molar-refractivity contribution is 0.0632. The van der Waals surface area contributed by atoms with Gasteiger partial charge in [0.05, 0.1) is 0 Å². The van der Waals surface area contributed by atoms with E-state index in [4.69, 9.17) is 0 Å². The lowest BCUT2D eigenvalue weighted by Crippen LogP contribution is -2.52. The summed E-state index contributed by atoms with van der Waals surface area (Å²) >= 11 is 0. The van der Waals surface area contributed by atoms with E-state index in [0.717, 1.165) is 24.5 Å². The standard InChI is InChI=1S/C14H28N2/c1-3-14(12-7-5-8-12)16-10-6-9-13(11-16)15-4-2/h12-15H,3-11H2,1-2H3. The number of hydrogen-bond acceptors (Lipinski definition) is 2. The Morgan fingerprint density at radius 1 is 1.19 bits per heavy atom. The summed E-state index contributed by atoms with van der Waals surface area (Å²) < 4.78 is 0. The highest BCUT2D eigenvalue weighted by molar-refractivity contribution is 4.88. The average molecular weight is 224 g/mol. The van der Waals surface area contributed by atoms with Crippen molar-refractivity contribution in [2.75, 3.05) is 19.6 Å². The van der Waals surface area contributed by atoms with Gasteiger partial charge in [0.15, 0.2) is 0 Å². The van der Waals surface area contributed by atoms with Crippen molar-refractivity contribution in [1.82, 2.24) is 10.2 Å². The van der Waals surface area contributed by atoms with E-state index in [1.807, 2.05) is 0 Å². The van der Waals surface area contributed by atoms with Gasteiger partial charge < -0.3 is 5.32 Å². The van der Waals surface area contributed by atoms with Crippen molar-refractivity contribution in [1.29, 1.82) is 0 Å². The molecule has 0 aromatic carbocycles. The third-order valence-electron chi connectivity index (χ3n) is 4.53. The van der Waals surface area contributed by atoms with E-state index < -0.39 is 0 Å². The first kappa shape index (κ1) is 12.4. The van der Waals surface area contributed by atoms with Crippen LogP contribution in [0.2, 0.25) is 0 Å². The maximum absolute atomic E-state index is 3.63. The molecule has 2 fully saturated rings. The molecule has 0 spiro atoms. The number of piperidine rings is 1. The molecule has 0 amide bonds. The van der Waals surface area contributed by atoms with Gasteiger partial charge in [-0.1, -0.05) is 20.3 Å². The molecular formula is C14H28N2. The minimum atomic E-state index is 0.757. The van der Waals surface area contributed by atoms with Crippen LogP contribution in [0.4, 0.5) is 0 Å². The van der Waals surface area contributed by atoms with Crippen molar-refractivity contribution >= 4 is 0 Å². The van der Waals surface area contributed by atoms with Crippen LogP contribution in [0.5, 0.6) is 0 Å². The summed E-state index contributed by atoms with van der Waals surface area (Å²) in [5.74, 6) is 1.02. The Balaban J connectivity index is 1.85. The van der Waals surface area contributed by atoms with Crippen LogP contribution in [-0.4, -0.2) is 36.6 Å². The maximum atomic E-state index is 3.63. The quantitative estimate of drug-likeness (QED) is 0.772. The van der Waals surface area contributed by atoms with Crippen LogP contribution in [0.25, 0.3) is 0 Å². The van der Waals surface area contributed by atoms with Crippen molar-refractivity contribution < 1.29 is 0 Å². The number of nitrogens with zero attached hydrogens (tertiary/aromatic N) is 1. The molecule has 1 heterocycles. The summed E-state index contributed by atoms with van der Waals surface area (Å²) in [5.41, 5.74) is 0. The van der Waals surface area contributed by atoms with E-state index in [-0.39, 0.29) is 0 Å². The number of likely N-dealkylation sites (N-methyl/N-ethyl adjacent to an activating group) is 1. The molecule has 0 radical (unpaired) electrons. The summed E-state index contributed by atoms with van der Waals surface area (Å²) in [6.45, 7) is 8.36. The molecule has 2 rings (SSSR count). The van der Waals surface area contributed by atoms with E-state index in [2.05, 4.69) is 24.1 Å². The third-order valence-corrected chi connectivity index (χ3v) is 4.53. The van der Waals surface area contributed by atoms with Crippen molar-refractivity contribution in [3.63, 3.8) is 0 Å². The molecule has 0 bridgehead atoms. The SMILES string of the molecule is CCNC1CCCN(C(CC)C2CCC2)C1. The zero-order valence-electron chi connectivity index (χ0n) is 11.0. The summed E-state index contributed by atoms with van der Waals surface area (Å²) in [6, 6.07) is 1.64. The zero-order valence-corrected chi connectivity index (χ0v) is 11.0. The Hall–Kier alpha value is -0.0800. The summed E-state index contributed by atoms with van der Waals surface area (Å²) in [6.07, 6.45) is 8.57. The number of hydrogen-bond donors (Lipinski definition) is 1. The fourth-order valence-electron chi connectivity index (χ4n) is 3.48. The normalized spacial score (nSPS) is 30.0. The summed E-state index contributed by atoms with van der Waals surface area (Å²) in [5, 5.41) is 3.63. The lowest BCUT2D eigenvalue weighted by Gasteiger charge is -2.44. The Kier molecular flexibility index (Phi) is 4.66. The summed E-state index contributed by atoms with van der Waals surface area (Å²) in [4.78, 5) is 2.78. The largest absolute Gasteiger partial charge is 0.313 e. The number of rotatable bonds is 5. The van der Waals surface area contributed by atoms with Gasteiger partial charge in [0.1, 0.15) is 0 Å². The first-order valence-electron chi connectivity index (χ1n) is 7.32. The topological polar surface area (TPSA) is 15.3 Å². The second-order valence-electron chi connectivity index (χ2n) is 5.56. The molecule has 16 heavy (non-hydrogen) atoms.